The van der Waals surface area contributed by atoms with Crippen LogP contribution in [-0.4, -0.2) is 29.3 Å². The van der Waals surface area contributed by atoms with Crippen molar-refractivity contribution in [3.8, 4) is 5.75 Å². The van der Waals surface area contributed by atoms with Crippen LogP contribution in [-0.2, 0) is 4.79 Å². The normalized spacial score (nSPS) is 11.9. The van der Waals surface area contributed by atoms with Crippen molar-refractivity contribution in [1.82, 2.24) is 5.43 Å². The van der Waals surface area contributed by atoms with Crippen molar-refractivity contribution in [2.75, 3.05) is 7.11 Å². The molecular weight excluding hydrogens is 314 g/mol. The predicted octanol–water partition coefficient (Wildman–Crippen LogP) is 1.79. The average Bonchev–Trinajstić information content (AvgIpc) is 2.61. The molecule has 0 bridgehead atoms. The third kappa shape index (κ3) is 4.14. The Kier molecular flexibility index (Phi) is 5.58. The van der Waals surface area contributed by atoms with Gasteiger partial charge in [0.2, 0.25) is 0 Å². The number of amides is 1. The second kappa shape index (κ2) is 7.84. The lowest BCUT2D eigenvalue weighted by Crippen LogP contribution is -2.25. The van der Waals surface area contributed by atoms with Crippen LogP contribution in [0.4, 0.5) is 5.69 Å². The molecular formula is C16H15N3O5. The molecule has 0 heterocycles. The van der Waals surface area contributed by atoms with E-state index in [0.717, 1.165) is 0 Å². The second-order valence-corrected chi connectivity index (χ2v) is 4.74. The summed E-state index contributed by atoms with van der Waals surface area (Å²) in [5.41, 5.74) is 2.81. The molecule has 0 aliphatic rings. The summed E-state index contributed by atoms with van der Waals surface area (Å²) in [6, 6.07) is 12.6. The number of ether oxygens (including phenoxy) is 1. The van der Waals surface area contributed by atoms with Gasteiger partial charge in [0.1, 0.15) is 0 Å². The zero-order valence-electron chi connectivity index (χ0n) is 12.7. The number of carbonyl (C=O) groups is 1. The Balaban J connectivity index is 2.05. The highest BCUT2D eigenvalue weighted by atomic mass is 16.6. The lowest BCUT2D eigenvalue weighted by Gasteiger charge is -2.08. The van der Waals surface area contributed by atoms with Crippen LogP contribution in [0.15, 0.2) is 53.6 Å². The fraction of sp³-hybridized carbons (Fsp3) is 0.125. The first-order chi connectivity index (χ1) is 11.5. The molecule has 0 aromatic heterocycles. The van der Waals surface area contributed by atoms with Crippen LogP contribution in [0.3, 0.4) is 0 Å². The van der Waals surface area contributed by atoms with E-state index in [2.05, 4.69) is 10.5 Å². The smallest absolute Gasteiger partial charge is 0.311 e. The molecule has 2 aromatic carbocycles. The highest BCUT2D eigenvalue weighted by Gasteiger charge is 2.16. The van der Waals surface area contributed by atoms with Crippen molar-refractivity contribution >= 4 is 17.8 Å². The van der Waals surface area contributed by atoms with Crippen molar-refractivity contribution in [3.05, 3.63) is 69.8 Å². The molecule has 124 valence electrons. The van der Waals surface area contributed by atoms with E-state index < -0.39 is 16.9 Å². The molecule has 0 saturated heterocycles. The summed E-state index contributed by atoms with van der Waals surface area (Å²) in [7, 11) is 1.33. The predicted molar refractivity (Wildman–Crippen MR) is 86.8 cm³/mol. The SMILES string of the molecule is COc1ccc(C=NNC(=O)[C@H](O)c2ccccc2)cc1[N+](=O)[O-]. The largest absolute Gasteiger partial charge is 0.490 e. The van der Waals surface area contributed by atoms with Gasteiger partial charge in [-0.25, -0.2) is 5.43 Å². The molecule has 0 saturated carbocycles. The summed E-state index contributed by atoms with van der Waals surface area (Å²) < 4.78 is 4.90. The maximum Gasteiger partial charge on any atom is 0.311 e. The first kappa shape index (κ1) is 17.1. The summed E-state index contributed by atoms with van der Waals surface area (Å²) >= 11 is 0. The van der Waals surface area contributed by atoms with E-state index in [4.69, 9.17) is 4.74 Å². The summed E-state index contributed by atoms with van der Waals surface area (Å²) in [5, 5.41) is 24.5. The van der Waals surface area contributed by atoms with Gasteiger partial charge in [0.05, 0.1) is 18.2 Å². The molecule has 0 spiro atoms. The van der Waals surface area contributed by atoms with E-state index in [-0.39, 0.29) is 11.4 Å². The summed E-state index contributed by atoms with van der Waals surface area (Å²) in [4.78, 5) is 22.2. The van der Waals surface area contributed by atoms with Gasteiger partial charge >= 0.3 is 5.69 Å². The Labute approximate surface area is 137 Å². The molecule has 8 heteroatoms. The monoisotopic (exact) mass is 329 g/mol. The Morgan fingerprint density at radius 1 is 1.33 bits per heavy atom. The van der Waals surface area contributed by atoms with Gasteiger partial charge in [0, 0.05) is 11.6 Å². The number of nitrogens with one attached hydrogen (secondary N) is 1. The number of nitro groups is 1. The molecule has 1 amide bonds. The Morgan fingerprint density at radius 3 is 2.67 bits per heavy atom. The first-order valence-corrected chi connectivity index (χ1v) is 6.91. The fourth-order valence-corrected chi connectivity index (χ4v) is 1.95. The van der Waals surface area contributed by atoms with Crippen LogP contribution in [0.1, 0.15) is 17.2 Å². The van der Waals surface area contributed by atoms with Crippen LogP contribution >= 0.6 is 0 Å². The van der Waals surface area contributed by atoms with Gasteiger partial charge < -0.3 is 9.84 Å². The van der Waals surface area contributed by atoms with Crippen LogP contribution in [0.2, 0.25) is 0 Å². The zero-order valence-corrected chi connectivity index (χ0v) is 12.7. The van der Waals surface area contributed by atoms with Gasteiger partial charge in [0.15, 0.2) is 11.9 Å². The average molecular weight is 329 g/mol. The van der Waals surface area contributed by atoms with Gasteiger partial charge in [0.25, 0.3) is 5.91 Å². The maximum atomic E-state index is 11.8. The van der Waals surface area contributed by atoms with E-state index in [1.165, 1.54) is 25.5 Å². The van der Waals surface area contributed by atoms with Crippen molar-refractivity contribution in [3.63, 3.8) is 0 Å². The summed E-state index contributed by atoms with van der Waals surface area (Å²) in [6.07, 6.45) is -0.115. The molecule has 0 unspecified atom stereocenters. The second-order valence-electron chi connectivity index (χ2n) is 4.74. The van der Waals surface area contributed by atoms with Crippen LogP contribution < -0.4 is 10.2 Å². The molecule has 24 heavy (non-hydrogen) atoms. The molecule has 2 N–H and O–H groups in total. The molecule has 2 rings (SSSR count). The van der Waals surface area contributed by atoms with E-state index in [1.54, 1.807) is 36.4 Å². The number of hydrogen-bond donors (Lipinski definition) is 2. The Morgan fingerprint density at radius 2 is 2.04 bits per heavy atom. The molecule has 8 nitrogen and oxygen atoms in total. The van der Waals surface area contributed by atoms with Crippen molar-refractivity contribution in [2.24, 2.45) is 5.10 Å². The van der Waals surface area contributed by atoms with Crippen molar-refractivity contribution < 1.29 is 19.6 Å². The third-order valence-electron chi connectivity index (χ3n) is 3.15. The number of benzene rings is 2. The van der Waals surface area contributed by atoms with Gasteiger partial charge in [-0.2, -0.15) is 5.10 Å². The zero-order chi connectivity index (χ0) is 17.5. The summed E-state index contributed by atoms with van der Waals surface area (Å²) in [5.74, 6) is -0.582. The number of methoxy groups -OCH3 is 1. The lowest BCUT2D eigenvalue weighted by molar-refractivity contribution is -0.385. The van der Waals surface area contributed by atoms with Gasteiger partial charge in [-0.05, 0) is 17.7 Å². The molecule has 0 radical (unpaired) electrons. The van der Waals surface area contributed by atoms with E-state index in [1.807, 2.05) is 0 Å². The maximum absolute atomic E-state index is 11.8. The van der Waals surface area contributed by atoms with E-state index >= 15 is 0 Å². The van der Waals surface area contributed by atoms with Crippen LogP contribution in [0.25, 0.3) is 0 Å². The molecule has 1 atom stereocenters. The highest BCUT2D eigenvalue weighted by molar-refractivity contribution is 5.85. The molecule has 0 fully saturated rings. The topological polar surface area (TPSA) is 114 Å². The number of carbonyl (C=O) groups excluding carboxylic acids is 1. The number of rotatable bonds is 6. The van der Waals surface area contributed by atoms with Crippen molar-refractivity contribution in [1.29, 1.82) is 0 Å². The number of hydrazone groups is 1. The molecule has 2 aromatic rings. The Bertz CT molecular complexity index is 762. The molecule has 0 aliphatic carbocycles. The van der Waals surface area contributed by atoms with E-state index in [0.29, 0.717) is 11.1 Å². The quantitative estimate of drug-likeness (QED) is 0.476. The minimum Gasteiger partial charge on any atom is -0.490 e. The fourth-order valence-electron chi connectivity index (χ4n) is 1.95. The van der Waals surface area contributed by atoms with Gasteiger partial charge in [-0.3, -0.25) is 14.9 Å². The number of aliphatic hydroxyl groups excluding tert-OH is 1. The number of hydrogen-bond acceptors (Lipinski definition) is 6. The standard InChI is InChI=1S/C16H15N3O5/c1-24-14-8-7-11(9-13(14)19(22)23)10-17-18-16(21)15(20)12-5-3-2-4-6-12/h2-10,15,20H,1H3,(H,18,21)/t15-/m1/s1. The minimum atomic E-state index is -1.35. The minimum absolute atomic E-state index is 0.126. The first-order valence-electron chi connectivity index (χ1n) is 6.91. The van der Waals surface area contributed by atoms with Crippen LogP contribution in [0, 0.1) is 10.1 Å². The van der Waals surface area contributed by atoms with Gasteiger partial charge in [-0.1, -0.05) is 30.3 Å². The lowest BCUT2D eigenvalue weighted by atomic mass is 10.1. The number of nitro benzene ring substituents is 1. The summed E-state index contributed by atoms with van der Waals surface area (Å²) in [6.45, 7) is 0. The van der Waals surface area contributed by atoms with Crippen molar-refractivity contribution in [2.45, 2.75) is 6.10 Å². The third-order valence-corrected chi connectivity index (χ3v) is 3.15. The van der Waals surface area contributed by atoms with Gasteiger partial charge in [-0.15, -0.1) is 0 Å². The number of aliphatic hydroxyl groups is 1. The highest BCUT2D eigenvalue weighted by Crippen LogP contribution is 2.26. The van der Waals surface area contributed by atoms with E-state index in [9.17, 15) is 20.0 Å². The van der Waals surface area contributed by atoms with Crippen LogP contribution in [0.5, 0.6) is 5.75 Å². The number of nitrogens with zero attached hydrogens (tertiary/aromatic N) is 2. The Hall–Kier alpha value is -3.26. The molecule has 0 aliphatic heterocycles.